The number of amides is 2. The summed E-state index contributed by atoms with van der Waals surface area (Å²) in [6, 6.07) is 26.0. The third-order valence-electron chi connectivity index (χ3n) is 6.68. The van der Waals surface area contributed by atoms with Crippen molar-refractivity contribution in [3.05, 3.63) is 108 Å². The van der Waals surface area contributed by atoms with Crippen molar-refractivity contribution >= 4 is 35.5 Å². The molecule has 0 saturated carbocycles. The highest BCUT2D eigenvalue weighted by atomic mass is 32.2. The van der Waals surface area contributed by atoms with E-state index in [1.807, 2.05) is 91.0 Å². The second-order valence-corrected chi connectivity index (χ2v) is 10.6. The summed E-state index contributed by atoms with van der Waals surface area (Å²) in [7, 11) is 0. The summed E-state index contributed by atoms with van der Waals surface area (Å²) in [5, 5.41) is 2.33. The van der Waals surface area contributed by atoms with Gasteiger partial charge in [0.05, 0.1) is 6.42 Å². The number of carbonyl (C=O) groups is 4. The highest BCUT2D eigenvalue weighted by Crippen LogP contribution is 2.40. The monoisotopic (exact) mass is 544 g/mol. The molecule has 2 heterocycles. The van der Waals surface area contributed by atoms with Crippen molar-refractivity contribution in [3.63, 3.8) is 0 Å². The molecule has 2 amide bonds. The van der Waals surface area contributed by atoms with Crippen molar-refractivity contribution in [1.82, 2.24) is 10.2 Å². The summed E-state index contributed by atoms with van der Waals surface area (Å²) < 4.78 is 11.5. The molecule has 4 atom stereocenters. The van der Waals surface area contributed by atoms with E-state index in [4.69, 9.17) is 9.47 Å². The number of carbonyl (C=O) groups excluding carboxylic acids is 4. The summed E-state index contributed by atoms with van der Waals surface area (Å²) in [6.07, 6.45) is -1.46. The molecule has 39 heavy (non-hydrogen) atoms. The standard InChI is InChI=1S/C30H28N2O6S/c1-19(33)37-23-18-39-29-25(31-24(34)17-20-11-5-2-6-12-20)28(35)32(29)26(23)30(36)38-27(21-13-7-3-8-14-21)22-15-9-4-10-16-22/h2-16,23,25-27,29H,17-18H2,1H3,(H,31,34)/t23?,25-,26-,29+/m1/s1. The van der Waals surface area contributed by atoms with Crippen LogP contribution in [-0.2, 0) is 35.1 Å². The highest BCUT2D eigenvalue weighted by molar-refractivity contribution is 8.00. The topological polar surface area (TPSA) is 102 Å². The number of esters is 2. The number of rotatable bonds is 8. The van der Waals surface area contributed by atoms with Crippen molar-refractivity contribution in [3.8, 4) is 0 Å². The Labute approximate surface area is 230 Å². The molecule has 2 aliphatic rings. The maximum absolute atomic E-state index is 13.7. The molecule has 0 aliphatic carbocycles. The first-order chi connectivity index (χ1) is 18.9. The number of nitrogens with one attached hydrogen (secondary N) is 1. The predicted octanol–water partition coefficient (Wildman–Crippen LogP) is 3.26. The Bertz CT molecular complexity index is 1300. The summed E-state index contributed by atoms with van der Waals surface area (Å²) >= 11 is 1.36. The fourth-order valence-electron chi connectivity index (χ4n) is 4.91. The van der Waals surface area contributed by atoms with Crippen LogP contribution in [0.1, 0.15) is 29.7 Å². The molecule has 0 spiro atoms. The number of thioether (sulfide) groups is 1. The van der Waals surface area contributed by atoms with Crippen LogP contribution in [0.15, 0.2) is 91.0 Å². The molecule has 2 fully saturated rings. The van der Waals surface area contributed by atoms with Gasteiger partial charge in [-0.25, -0.2) is 4.79 Å². The second kappa shape index (κ2) is 11.7. The van der Waals surface area contributed by atoms with Gasteiger partial charge in [0, 0.05) is 12.7 Å². The van der Waals surface area contributed by atoms with Crippen LogP contribution in [0.3, 0.4) is 0 Å². The lowest BCUT2D eigenvalue weighted by Gasteiger charge is -2.54. The minimum absolute atomic E-state index is 0.138. The zero-order chi connectivity index (χ0) is 27.4. The SMILES string of the molecule is CC(=O)OC1CS[C@H]2[C@H](NC(=O)Cc3ccccc3)C(=O)N2[C@H]1C(=O)OC(c1ccccc1)c1ccccc1. The zero-order valence-corrected chi connectivity index (χ0v) is 22.1. The van der Waals surface area contributed by atoms with Crippen molar-refractivity contribution < 1.29 is 28.7 Å². The van der Waals surface area contributed by atoms with Crippen LogP contribution in [0.25, 0.3) is 0 Å². The van der Waals surface area contributed by atoms with Crippen LogP contribution in [0.2, 0.25) is 0 Å². The van der Waals surface area contributed by atoms with Crippen molar-refractivity contribution in [2.45, 2.75) is 43.0 Å². The van der Waals surface area contributed by atoms with Gasteiger partial charge >= 0.3 is 11.9 Å². The first kappa shape index (κ1) is 26.5. The van der Waals surface area contributed by atoms with E-state index in [1.165, 1.54) is 23.6 Å². The maximum atomic E-state index is 13.7. The van der Waals surface area contributed by atoms with Gasteiger partial charge in [0.25, 0.3) is 0 Å². The molecule has 9 heteroatoms. The molecule has 2 aliphatic heterocycles. The number of hydrogen-bond donors (Lipinski definition) is 1. The van der Waals surface area contributed by atoms with Gasteiger partial charge in [0.2, 0.25) is 11.8 Å². The van der Waals surface area contributed by atoms with Gasteiger partial charge in [-0.05, 0) is 16.7 Å². The van der Waals surface area contributed by atoms with Crippen molar-refractivity contribution in [1.29, 1.82) is 0 Å². The maximum Gasteiger partial charge on any atom is 0.333 e. The summed E-state index contributed by atoms with van der Waals surface area (Å²) in [4.78, 5) is 53.0. The molecule has 1 N–H and O–H groups in total. The predicted molar refractivity (Wildman–Crippen MR) is 145 cm³/mol. The van der Waals surface area contributed by atoms with Crippen molar-refractivity contribution in [2.75, 3.05) is 5.75 Å². The molecule has 0 aromatic heterocycles. The largest absolute Gasteiger partial charge is 0.459 e. The second-order valence-electron chi connectivity index (χ2n) is 9.41. The number of nitrogens with zero attached hydrogens (tertiary/aromatic N) is 1. The molecule has 200 valence electrons. The minimum atomic E-state index is -1.13. The average Bonchev–Trinajstić information content (AvgIpc) is 2.95. The third-order valence-corrected chi connectivity index (χ3v) is 8.05. The van der Waals surface area contributed by atoms with Gasteiger partial charge in [-0.2, -0.15) is 0 Å². The minimum Gasteiger partial charge on any atom is -0.459 e. The van der Waals surface area contributed by atoms with E-state index >= 15 is 0 Å². The van der Waals surface area contributed by atoms with Crippen LogP contribution in [0, 0.1) is 0 Å². The Balaban J connectivity index is 1.36. The number of β-lactam (4-membered cyclic amide) rings is 1. The highest BCUT2D eigenvalue weighted by Gasteiger charge is 2.59. The molecule has 3 aromatic rings. The molecule has 3 aromatic carbocycles. The van der Waals surface area contributed by atoms with E-state index < -0.39 is 47.5 Å². The number of ether oxygens (including phenoxy) is 2. The molecule has 0 bridgehead atoms. The summed E-state index contributed by atoms with van der Waals surface area (Å²) in [5.41, 5.74) is 2.37. The van der Waals surface area contributed by atoms with Crippen LogP contribution >= 0.6 is 11.8 Å². The lowest BCUT2D eigenvalue weighted by atomic mass is 9.98. The molecule has 2 saturated heterocycles. The van der Waals surface area contributed by atoms with E-state index in [9.17, 15) is 19.2 Å². The fraction of sp³-hybridized carbons (Fsp3) is 0.267. The lowest BCUT2D eigenvalue weighted by molar-refractivity contribution is -0.178. The first-order valence-corrected chi connectivity index (χ1v) is 13.7. The van der Waals surface area contributed by atoms with Crippen molar-refractivity contribution in [2.24, 2.45) is 0 Å². The molecule has 1 unspecified atom stereocenters. The Morgan fingerprint density at radius 1 is 0.923 bits per heavy atom. The molecule has 5 rings (SSSR count). The van der Waals surface area contributed by atoms with Gasteiger partial charge in [-0.15, -0.1) is 11.8 Å². The molecular formula is C30H28N2O6S. The third kappa shape index (κ3) is 5.83. The quantitative estimate of drug-likeness (QED) is 0.343. The van der Waals surface area contributed by atoms with E-state index in [0.29, 0.717) is 0 Å². The van der Waals surface area contributed by atoms with E-state index in [-0.39, 0.29) is 18.1 Å². The molecule has 8 nitrogen and oxygen atoms in total. The Morgan fingerprint density at radius 3 is 2.05 bits per heavy atom. The number of benzene rings is 3. The van der Waals surface area contributed by atoms with Crippen LogP contribution in [-0.4, -0.2) is 58.0 Å². The average molecular weight is 545 g/mol. The fourth-order valence-corrected chi connectivity index (χ4v) is 6.32. The number of fused-ring (bicyclic) bond motifs is 1. The van der Waals surface area contributed by atoms with Crippen LogP contribution in [0.5, 0.6) is 0 Å². The lowest BCUT2D eigenvalue weighted by Crippen LogP contribution is -2.77. The van der Waals surface area contributed by atoms with Crippen LogP contribution < -0.4 is 5.32 Å². The van der Waals surface area contributed by atoms with Gasteiger partial charge in [0.15, 0.2) is 12.1 Å². The van der Waals surface area contributed by atoms with Gasteiger partial charge in [-0.1, -0.05) is 91.0 Å². The summed E-state index contributed by atoms with van der Waals surface area (Å²) in [6.45, 7) is 1.26. The normalized spacial score (nSPS) is 21.9. The zero-order valence-electron chi connectivity index (χ0n) is 21.3. The Morgan fingerprint density at radius 2 is 1.49 bits per heavy atom. The Kier molecular flexibility index (Phi) is 7.97. The smallest absolute Gasteiger partial charge is 0.333 e. The number of hydrogen-bond acceptors (Lipinski definition) is 7. The van der Waals surface area contributed by atoms with Gasteiger partial charge in [0.1, 0.15) is 17.5 Å². The first-order valence-electron chi connectivity index (χ1n) is 12.7. The van der Waals surface area contributed by atoms with Gasteiger partial charge < -0.3 is 19.7 Å². The van der Waals surface area contributed by atoms with Gasteiger partial charge in [-0.3, -0.25) is 14.4 Å². The van der Waals surface area contributed by atoms with E-state index in [1.54, 1.807) is 0 Å². The summed E-state index contributed by atoms with van der Waals surface area (Å²) in [5.74, 6) is -1.65. The molecule has 0 radical (unpaired) electrons. The Hall–Kier alpha value is -4.11. The van der Waals surface area contributed by atoms with Crippen LogP contribution in [0.4, 0.5) is 0 Å². The van der Waals surface area contributed by atoms with E-state index in [2.05, 4.69) is 5.32 Å². The molecular weight excluding hydrogens is 516 g/mol. The van der Waals surface area contributed by atoms with E-state index in [0.717, 1.165) is 16.7 Å².